The molecule has 0 spiro atoms. The molecule has 0 aliphatic carbocycles. The number of rotatable bonds is 5. The zero-order valence-electron chi connectivity index (χ0n) is 16.7. The molecule has 1 saturated heterocycles. The zero-order chi connectivity index (χ0) is 20.9. The summed E-state index contributed by atoms with van der Waals surface area (Å²) in [5.41, 5.74) is 1.55. The summed E-state index contributed by atoms with van der Waals surface area (Å²) in [6, 6.07) is 18.0. The minimum atomic E-state index is -0.321. The number of hydrogen-bond acceptors (Lipinski definition) is 5. The van der Waals surface area contributed by atoms with Gasteiger partial charge in [0.2, 0.25) is 0 Å². The topological polar surface area (TPSA) is 84.7 Å². The molecule has 1 aliphatic heterocycles. The Morgan fingerprint density at radius 1 is 1.13 bits per heavy atom. The highest BCUT2D eigenvalue weighted by Crippen LogP contribution is 2.28. The number of amides is 2. The first kappa shape index (κ1) is 19.7. The van der Waals surface area contributed by atoms with Gasteiger partial charge in [-0.15, -0.1) is 0 Å². The van der Waals surface area contributed by atoms with E-state index in [1.807, 2.05) is 35.2 Å². The minimum Gasteiger partial charge on any atom is -0.497 e. The molecule has 2 amide bonds. The Balaban J connectivity index is 1.42. The molecular weight excluding hydrogens is 382 g/mol. The molecule has 0 saturated carbocycles. The Morgan fingerprint density at radius 3 is 2.63 bits per heavy atom. The first-order chi connectivity index (χ1) is 14.6. The van der Waals surface area contributed by atoms with Crippen LogP contribution in [0.3, 0.4) is 0 Å². The Morgan fingerprint density at radius 2 is 1.90 bits per heavy atom. The number of methoxy groups -OCH3 is 1. The lowest BCUT2D eigenvalue weighted by molar-refractivity contribution is 0.0697. The van der Waals surface area contributed by atoms with E-state index in [9.17, 15) is 9.59 Å². The van der Waals surface area contributed by atoms with Gasteiger partial charge in [0.1, 0.15) is 11.5 Å². The molecule has 1 atom stereocenters. The van der Waals surface area contributed by atoms with Crippen LogP contribution in [0.25, 0.3) is 0 Å². The number of anilines is 1. The molecule has 4 rings (SSSR count). The van der Waals surface area contributed by atoms with Crippen molar-refractivity contribution in [3.8, 4) is 5.75 Å². The number of benzene rings is 2. The fourth-order valence-electron chi connectivity index (χ4n) is 3.62. The molecule has 1 N–H and O–H groups in total. The molecule has 7 heteroatoms. The molecule has 1 fully saturated rings. The van der Waals surface area contributed by atoms with Crippen molar-refractivity contribution in [2.75, 3.05) is 25.5 Å². The normalized spacial score (nSPS) is 16.2. The van der Waals surface area contributed by atoms with Gasteiger partial charge in [-0.3, -0.25) is 9.59 Å². The second-order valence-electron chi connectivity index (χ2n) is 7.25. The Kier molecular flexibility index (Phi) is 5.79. The van der Waals surface area contributed by atoms with Crippen molar-refractivity contribution in [3.63, 3.8) is 0 Å². The molecule has 30 heavy (non-hydrogen) atoms. The Bertz CT molecular complexity index is 1010. The van der Waals surface area contributed by atoms with Gasteiger partial charge < -0.3 is 19.5 Å². The van der Waals surface area contributed by atoms with Gasteiger partial charge >= 0.3 is 0 Å². The van der Waals surface area contributed by atoms with Crippen LogP contribution in [0.5, 0.6) is 5.75 Å². The van der Waals surface area contributed by atoms with Crippen molar-refractivity contribution in [1.29, 1.82) is 0 Å². The lowest BCUT2D eigenvalue weighted by Crippen LogP contribution is -2.39. The number of aromatic nitrogens is 1. The average molecular weight is 405 g/mol. The fourth-order valence-corrected chi connectivity index (χ4v) is 3.62. The number of likely N-dealkylation sites (tertiary alicyclic amines) is 1. The molecule has 2 heterocycles. The lowest BCUT2D eigenvalue weighted by atomic mass is 9.94. The Labute approximate surface area is 174 Å². The SMILES string of the molecule is COc1ccc(C(=O)N2CCCC(c3cc(C(=O)Nc4ccccc4)no3)C2)cc1. The van der Waals surface area contributed by atoms with Gasteiger partial charge in [-0.05, 0) is 49.2 Å². The van der Waals surface area contributed by atoms with E-state index in [0.29, 0.717) is 35.9 Å². The number of carbonyl (C=O) groups is 2. The summed E-state index contributed by atoms with van der Waals surface area (Å²) in [7, 11) is 1.60. The van der Waals surface area contributed by atoms with Crippen molar-refractivity contribution >= 4 is 17.5 Å². The molecule has 0 bridgehead atoms. The molecule has 0 radical (unpaired) electrons. The number of ether oxygens (including phenoxy) is 1. The van der Waals surface area contributed by atoms with Crippen LogP contribution in [0.2, 0.25) is 0 Å². The fraction of sp³-hybridized carbons (Fsp3) is 0.261. The van der Waals surface area contributed by atoms with Crippen LogP contribution in [0.15, 0.2) is 65.2 Å². The summed E-state index contributed by atoms with van der Waals surface area (Å²) in [6.45, 7) is 1.22. The molecular formula is C23H23N3O4. The second-order valence-corrected chi connectivity index (χ2v) is 7.25. The zero-order valence-corrected chi connectivity index (χ0v) is 16.7. The molecule has 154 valence electrons. The van der Waals surface area contributed by atoms with Gasteiger partial charge in [0.15, 0.2) is 5.69 Å². The summed E-state index contributed by atoms with van der Waals surface area (Å²) < 4.78 is 10.6. The number of nitrogens with one attached hydrogen (secondary N) is 1. The van der Waals surface area contributed by atoms with Crippen LogP contribution in [0.4, 0.5) is 5.69 Å². The minimum absolute atomic E-state index is 0.00623. The molecule has 2 aromatic carbocycles. The van der Waals surface area contributed by atoms with E-state index in [-0.39, 0.29) is 23.4 Å². The van der Waals surface area contributed by atoms with Crippen molar-refractivity contribution in [1.82, 2.24) is 10.1 Å². The monoisotopic (exact) mass is 405 g/mol. The van der Waals surface area contributed by atoms with Crippen LogP contribution < -0.4 is 10.1 Å². The number of carbonyl (C=O) groups excluding carboxylic acids is 2. The quantitative estimate of drug-likeness (QED) is 0.695. The summed E-state index contributed by atoms with van der Waals surface area (Å²) in [5, 5.41) is 6.73. The van der Waals surface area contributed by atoms with Crippen molar-refractivity contribution in [2.45, 2.75) is 18.8 Å². The van der Waals surface area contributed by atoms with Gasteiger partial charge in [0, 0.05) is 36.3 Å². The number of para-hydroxylation sites is 1. The van der Waals surface area contributed by atoms with Gasteiger partial charge in [-0.25, -0.2) is 0 Å². The van der Waals surface area contributed by atoms with Gasteiger partial charge in [-0.2, -0.15) is 0 Å². The van der Waals surface area contributed by atoms with Crippen LogP contribution in [-0.2, 0) is 0 Å². The summed E-state index contributed by atoms with van der Waals surface area (Å²) in [6.07, 6.45) is 1.74. The maximum atomic E-state index is 12.9. The van der Waals surface area contributed by atoms with E-state index in [1.165, 1.54) is 0 Å². The van der Waals surface area contributed by atoms with Crippen molar-refractivity contribution in [3.05, 3.63) is 77.7 Å². The molecule has 7 nitrogen and oxygen atoms in total. The molecule has 1 aromatic heterocycles. The third kappa shape index (κ3) is 4.35. The highest BCUT2D eigenvalue weighted by Gasteiger charge is 2.28. The van der Waals surface area contributed by atoms with Crippen LogP contribution >= 0.6 is 0 Å². The third-order valence-corrected chi connectivity index (χ3v) is 5.24. The van der Waals surface area contributed by atoms with E-state index in [2.05, 4.69) is 10.5 Å². The van der Waals surface area contributed by atoms with E-state index in [4.69, 9.17) is 9.26 Å². The van der Waals surface area contributed by atoms with Crippen LogP contribution in [-0.4, -0.2) is 42.1 Å². The molecule has 3 aromatic rings. The van der Waals surface area contributed by atoms with E-state index < -0.39 is 0 Å². The van der Waals surface area contributed by atoms with E-state index in [1.54, 1.807) is 37.4 Å². The Hall–Kier alpha value is -3.61. The van der Waals surface area contributed by atoms with Crippen molar-refractivity contribution in [2.24, 2.45) is 0 Å². The average Bonchev–Trinajstić information content (AvgIpc) is 3.30. The smallest absolute Gasteiger partial charge is 0.277 e. The molecule has 1 aliphatic rings. The summed E-state index contributed by atoms with van der Waals surface area (Å²) in [4.78, 5) is 27.1. The first-order valence-electron chi connectivity index (χ1n) is 9.90. The van der Waals surface area contributed by atoms with Crippen LogP contribution in [0.1, 0.15) is 45.4 Å². The van der Waals surface area contributed by atoms with E-state index in [0.717, 1.165) is 12.8 Å². The maximum absolute atomic E-state index is 12.9. The lowest BCUT2D eigenvalue weighted by Gasteiger charge is -2.31. The van der Waals surface area contributed by atoms with Crippen molar-refractivity contribution < 1.29 is 18.8 Å². The number of piperidine rings is 1. The summed E-state index contributed by atoms with van der Waals surface area (Å²) in [5.74, 6) is 1.00. The second kappa shape index (κ2) is 8.82. The highest BCUT2D eigenvalue weighted by molar-refractivity contribution is 6.02. The first-order valence-corrected chi connectivity index (χ1v) is 9.90. The predicted octanol–water partition coefficient (Wildman–Crippen LogP) is 3.96. The predicted molar refractivity (Wildman–Crippen MR) is 112 cm³/mol. The third-order valence-electron chi connectivity index (χ3n) is 5.24. The standard InChI is InChI=1S/C23H23N3O4/c1-29-19-11-9-16(10-12-19)23(28)26-13-5-6-17(15-26)21-14-20(25-30-21)22(27)24-18-7-3-2-4-8-18/h2-4,7-12,14,17H,5-6,13,15H2,1H3,(H,24,27). The number of nitrogens with zero attached hydrogens (tertiary/aromatic N) is 2. The van der Waals surface area contributed by atoms with E-state index >= 15 is 0 Å². The van der Waals surface area contributed by atoms with Gasteiger partial charge in [-0.1, -0.05) is 23.4 Å². The number of hydrogen-bond donors (Lipinski definition) is 1. The molecule has 1 unspecified atom stereocenters. The maximum Gasteiger partial charge on any atom is 0.277 e. The highest BCUT2D eigenvalue weighted by atomic mass is 16.5. The largest absolute Gasteiger partial charge is 0.497 e. The van der Waals surface area contributed by atoms with Crippen LogP contribution in [0, 0.1) is 0 Å². The summed E-state index contributed by atoms with van der Waals surface area (Å²) >= 11 is 0. The van der Waals surface area contributed by atoms with Gasteiger partial charge in [0.25, 0.3) is 11.8 Å². The van der Waals surface area contributed by atoms with Gasteiger partial charge in [0.05, 0.1) is 7.11 Å².